The van der Waals surface area contributed by atoms with E-state index in [1.807, 2.05) is 0 Å². The fourth-order valence-corrected chi connectivity index (χ4v) is 3.73. The third-order valence-corrected chi connectivity index (χ3v) is 5.45. The third-order valence-electron chi connectivity index (χ3n) is 4.47. The predicted molar refractivity (Wildman–Crippen MR) is 115 cm³/mol. The predicted octanol–water partition coefficient (Wildman–Crippen LogP) is 3.24. The number of carbonyl (C=O) groups is 1. The number of aromatic nitrogens is 3. The van der Waals surface area contributed by atoms with E-state index in [0.29, 0.717) is 20.9 Å². The Hall–Kier alpha value is -4.12. The third kappa shape index (κ3) is 4.26. The van der Waals surface area contributed by atoms with Gasteiger partial charge in [0.1, 0.15) is 10.8 Å². The number of rotatable bonds is 6. The van der Waals surface area contributed by atoms with E-state index in [4.69, 9.17) is 5.73 Å². The summed E-state index contributed by atoms with van der Waals surface area (Å²) in [5, 5.41) is 24.7. The van der Waals surface area contributed by atoms with Gasteiger partial charge in [0, 0.05) is 35.8 Å². The van der Waals surface area contributed by atoms with Gasteiger partial charge in [-0.05, 0) is 23.8 Å². The fourth-order valence-electron chi connectivity index (χ4n) is 2.94. The highest BCUT2D eigenvalue weighted by molar-refractivity contribution is 7.99. The Labute approximate surface area is 179 Å². The summed E-state index contributed by atoms with van der Waals surface area (Å²) in [6.07, 6.45) is 3.09. The number of non-ortho nitro benzene ring substituents is 1. The number of anilines is 1. The number of nitro groups is 1. The van der Waals surface area contributed by atoms with Crippen LogP contribution in [0.15, 0.2) is 64.8 Å². The van der Waals surface area contributed by atoms with Gasteiger partial charge in [-0.25, -0.2) is 9.97 Å². The largest absolute Gasteiger partial charge is 0.507 e. The van der Waals surface area contributed by atoms with E-state index < -0.39 is 10.8 Å². The minimum absolute atomic E-state index is 0.0336. The Morgan fingerprint density at radius 2 is 2.10 bits per heavy atom. The van der Waals surface area contributed by atoms with Crippen LogP contribution in [0.1, 0.15) is 16.1 Å². The molecular weight excluding hydrogens is 420 g/mol. The van der Waals surface area contributed by atoms with E-state index in [1.165, 1.54) is 18.3 Å². The van der Waals surface area contributed by atoms with Crippen LogP contribution in [0.25, 0.3) is 10.9 Å². The second kappa shape index (κ2) is 8.32. The number of nitrogens with zero attached hydrogens (tertiary/aromatic N) is 3. The number of fused-ring (bicyclic) bond motifs is 1. The summed E-state index contributed by atoms with van der Waals surface area (Å²) in [5.74, 6) is -0.483. The van der Waals surface area contributed by atoms with Crippen molar-refractivity contribution >= 4 is 40.1 Å². The van der Waals surface area contributed by atoms with Crippen molar-refractivity contribution in [1.29, 1.82) is 0 Å². The number of phenols is 1. The summed E-state index contributed by atoms with van der Waals surface area (Å²) >= 11 is 1.15. The number of hydrogen-bond acceptors (Lipinski definition) is 8. The zero-order valence-electron chi connectivity index (χ0n) is 15.9. The normalized spacial score (nSPS) is 10.8. The van der Waals surface area contributed by atoms with Gasteiger partial charge in [0.2, 0.25) is 0 Å². The fraction of sp³-hybridized carbons (Fsp3) is 0.0500. The van der Waals surface area contributed by atoms with E-state index >= 15 is 0 Å². The molecule has 0 spiro atoms. The summed E-state index contributed by atoms with van der Waals surface area (Å²) in [6.45, 7) is 0.109. The standard InChI is InChI=1S/C20H16N6O4S/c21-19-18(25-17(10-23-19)31-16-4-2-1-3-15(16)27)20(28)24-9-11-8-22-14-6-5-12(26(29)30)7-13(11)14/h1-8,10,22,27H,9H2,(H2,21,23)(H,24,28). The van der Waals surface area contributed by atoms with Crippen LogP contribution >= 0.6 is 11.8 Å². The molecule has 31 heavy (non-hydrogen) atoms. The zero-order valence-corrected chi connectivity index (χ0v) is 16.7. The van der Waals surface area contributed by atoms with Crippen LogP contribution in [0.5, 0.6) is 5.75 Å². The average Bonchev–Trinajstić information content (AvgIpc) is 3.17. The van der Waals surface area contributed by atoms with Gasteiger partial charge in [0.25, 0.3) is 11.6 Å². The van der Waals surface area contributed by atoms with Crippen molar-refractivity contribution in [3.05, 3.63) is 76.2 Å². The molecule has 0 fully saturated rings. The van der Waals surface area contributed by atoms with Crippen molar-refractivity contribution in [3.8, 4) is 5.75 Å². The number of carbonyl (C=O) groups excluding carboxylic acids is 1. The highest BCUT2D eigenvalue weighted by Crippen LogP contribution is 2.33. The Bertz CT molecular complexity index is 1310. The molecule has 5 N–H and O–H groups in total. The van der Waals surface area contributed by atoms with E-state index in [-0.39, 0.29) is 29.5 Å². The maximum Gasteiger partial charge on any atom is 0.274 e. The maximum absolute atomic E-state index is 12.7. The van der Waals surface area contributed by atoms with Gasteiger partial charge in [-0.15, -0.1) is 0 Å². The molecule has 0 radical (unpaired) electrons. The van der Waals surface area contributed by atoms with Crippen molar-refractivity contribution in [2.75, 3.05) is 5.73 Å². The Morgan fingerprint density at radius 3 is 2.87 bits per heavy atom. The van der Waals surface area contributed by atoms with Crippen LogP contribution in [-0.4, -0.2) is 30.9 Å². The molecule has 2 aromatic carbocycles. The molecule has 2 aromatic heterocycles. The molecule has 0 aliphatic heterocycles. The first-order chi connectivity index (χ1) is 14.9. The van der Waals surface area contributed by atoms with Gasteiger partial charge in [-0.3, -0.25) is 14.9 Å². The van der Waals surface area contributed by atoms with Crippen LogP contribution < -0.4 is 11.1 Å². The van der Waals surface area contributed by atoms with E-state index in [2.05, 4.69) is 20.3 Å². The number of nitrogen functional groups attached to an aromatic ring is 1. The number of nitro benzene ring substituents is 1. The Morgan fingerprint density at radius 1 is 1.29 bits per heavy atom. The quantitative estimate of drug-likeness (QED) is 0.265. The van der Waals surface area contributed by atoms with Crippen molar-refractivity contribution in [3.63, 3.8) is 0 Å². The Kier molecular flexibility index (Phi) is 5.41. The molecule has 4 rings (SSSR count). The lowest BCUT2D eigenvalue weighted by Gasteiger charge is -2.08. The van der Waals surface area contributed by atoms with Gasteiger partial charge in [-0.2, -0.15) is 0 Å². The first kappa shape index (κ1) is 20.2. The molecule has 11 heteroatoms. The van der Waals surface area contributed by atoms with Gasteiger partial charge < -0.3 is 21.1 Å². The first-order valence-electron chi connectivity index (χ1n) is 9.03. The molecule has 1 amide bonds. The SMILES string of the molecule is Nc1ncc(Sc2ccccc2O)nc1C(=O)NCc1c[nH]c2ccc([N+](=O)[O-])cc12. The molecular formula is C20H16N6O4S. The summed E-state index contributed by atoms with van der Waals surface area (Å²) in [4.78, 5) is 35.1. The van der Waals surface area contributed by atoms with E-state index in [9.17, 15) is 20.0 Å². The number of aromatic hydroxyl groups is 1. The van der Waals surface area contributed by atoms with Crippen LogP contribution in [0.3, 0.4) is 0 Å². The smallest absolute Gasteiger partial charge is 0.274 e. The Balaban J connectivity index is 1.52. The molecule has 2 heterocycles. The second-order valence-corrected chi connectivity index (χ2v) is 7.56. The minimum atomic E-state index is -0.537. The molecule has 10 nitrogen and oxygen atoms in total. The number of phenolic OH excluding ortho intramolecular Hbond substituents is 1. The van der Waals surface area contributed by atoms with Crippen LogP contribution in [0, 0.1) is 10.1 Å². The number of hydrogen-bond donors (Lipinski definition) is 4. The lowest BCUT2D eigenvalue weighted by Crippen LogP contribution is -2.25. The lowest BCUT2D eigenvalue weighted by molar-refractivity contribution is -0.384. The first-order valence-corrected chi connectivity index (χ1v) is 9.85. The highest BCUT2D eigenvalue weighted by atomic mass is 32.2. The number of nitrogens with one attached hydrogen (secondary N) is 2. The van der Waals surface area contributed by atoms with Crippen LogP contribution in [-0.2, 0) is 6.54 Å². The minimum Gasteiger partial charge on any atom is -0.507 e. The average molecular weight is 436 g/mol. The van der Waals surface area contributed by atoms with Gasteiger partial charge in [0.05, 0.1) is 16.0 Å². The number of aromatic amines is 1. The zero-order chi connectivity index (χ0) is 22.0. The van der Waals surface area contributed by atoms with E-state index in [0.717, 1.165) is 17.3 Å². The lowest BCUT2D eigenvalue weighted by atomic mass is 10.1. The van der Waals surface area contributed by atoms with Gasteiger partial charge in [0.15, 0.2) is 11.5 Å². The van der Waals surface area contributed by atoms with Gasteiger partial charge >= 0.3 is 0 Å². The molecule has 4 aromatic rings. The number of benzene rings is 2. The monoisotopic (exact) mass is 436 g/mol. The molecule has 156 valence electrons. The maximum atomic E-state index is 12.7. The molecule has 0 aliphatic carbocycles. The molecule has 0 atom stereocenters. The van der Waals surface area contributed by atoms with Crippen molar-refractivity contribution < 1.29 is 14.8 Å². The molecule has 0 unspecified atom stereocenters. The number of H-pyrrole nitrogens is 1. The molecule has 0 bridgehead atoms. The number of amides is 1. The molecule has 0 aliphatic rings. The van der Waals surface area contributed by atoms with Crippen LogP contribution in [0.2, 0.25) is 0 Å². The summed E-state index contributed by atoms with van der Waals surface area (Å²) in [5.41, 5.74) is 7.14. The van der Waals surface area contributed by atoms with Gasteiger partial charge in [-0.1, -0.05) is 23.9 Å². The van der Waals surface area contributed by atoms with Crippen molar-refractivity contribution in [2.45, 2.75) is 16.5 Å². The highest BCUT2D eigenvalue weighted by Gasteiger charge is 2.16. The number of nitrogens with two attached hydrogens (primary N) is 1. The van der Waals surface area contributed by atoms with Crippen LogP contribution in [0.4, 0.5) is 11.5 Å². The van der Waals surface area contributed by atoms with Crippen molar-refractivity contribution in [1.82, 2.24) is 20.3 Å². The second-order valence-electron chi connectivity index (χ2n) is 6.50. The van der Waals surface area contributed by atoms with Crippen molar-refractivity contribution in [2.24, 2.45) is 0 Å². The summed E-state index contributed by atoms with van der Waals surface area (Å²) < 4.78 is 0. The topological polar surface area (TPSA) is 160 Å². The summed E-state index contributed by atoms with van der Waals surface area (Å²) in [6, 6.07) is 11.2. The van der Waals surface area contributed by atoms with E-state index in [1.54, 1.807) is 36.5 Å². The number of para-hydroxylation sites is 1. The summed E-state index contributed by atoms with van der Waals surface area (Å²) in [7, 11) is 0. The molecule has 0 saturated heterocycles. The molecule has 0 saturated carbocycles.